The number of hydrogen-bond acceptors (Lipinski definition) is 2. The number of nitrogens with zero attached hydrogens (tertiary/aromatic N) is 3. The number of anilines is 1. The fraction of sp³-hybridized carbons (Fsp3) is 0.750. The average molecular weight is 207 g/mol. The van der Waals surface area contributed by atoms with Crippen molar-refractivity contribution < 1.29 is 0 Å². The summed E-state index contributed by atoms with van der Waals surface area (Å²) in [6.45, 7) is 6.99. The molecule has 84 valence electrons. The summed E-state index contributed by atoms with van der Waals surface area (Å²) in [6, 6.07) is 0. The standard InChI is InChI=1S/C12H21N3/c1-10(2)11-4-7-15(8-5-11)12-13-6-9-14(12)3/h6,9-11H,4-5,7-8H2,1-3H3. The van der Waals surface area contributed by atoms with E-state index in [1.807, 2.05) is 12.4 Å². The summed E-state index contributed by atoms with van der Waals surface area (Å²) < 4.78 is 2.11. The molecule has 0 bridgehead atoms. The molecule has 15 heavy (non-hydrogen) atoms. The topological polar surface area (TPSA) is 21.1 Å². The molecule has 3 heteroatoms. The maximum atomic E-state index is 4.40. The zero-order valence-electron chi connectivity index (χ0n) is 9.98. The number of piperidine rings is 1. The molecule has 0 amide bonds. The van der Waals surface area contributed by atoms with Crippen molar-refractivity contribution in [2.24, 2.45) is 18.9 Å². The van der Waals surface area contributed by atoms with Gasteiger partial charge in [-0.25, -0.2) is 4.98 Å². The lowest BCUT2D eigenvalue weighted by Gasteiger charge is -2.34. The average Bonchev–Trinajstić information content (AvgIpc) is 2.65. The Labute approximate surface area is 92.1 Å². The first-order chi connectivity index (χ1) is 7.18. The van der Waals surface area contributed by atoms with Gasteiger partial charge in [0, 0.05) is 32.5 Å². The molecule has 1 aromatic heterocycles. The van der Waals surface area contributed by atoms with E-state index in [9.17, 15) is 0 Å². The minimum Gasteiger partial charge on any atom is -0.342 e. The van der Waals surface area contributed by atoms with Crippen LogP contribution in [0, 0.1) is 11.8 Å². The Hall–Kier alpha value is -0.990. The molecule has 0 N–H and O–H groups in total. The van der Waals surface area contributed by atoms with Gasteiger partial charge in [0.1, 0.15) is 0 Å². The third-order valence-corrected chi connectivity index (χ3v) is 3.56. The molecule has 0 radical (unpaired) electrons. The molecule has 2 rings (SSSR count). The molecule has 0 unspecified atom stereocenters. The van der Waals surface area contributed by atoms with E-state index in [1.54, 1.807) is 0 Å². The van der Waals surface area contributed by atoms with Crippen molar-refractivity contribution in [3.8, 4) is 0 Å². The first-order valence-corrected chi connectivity index (χ1v) is 5.90. The van der Waals surface area contributed by atoms with E-state index in [-0.39, 0.29) is 0 Å². The van der Waals surface area contributed by atoms with Crippen LogP contribution in [-0.4, -0.2) is 22.6 Å². The second kappa shape index (κ2) is 4.25. The Bertz CT molecular complexity index is 308. The van der Waals surface area contributed by atoms with Gasteiger partial charge >= 0.3 is 0 Å². The molecule has 1 aliphatic heterocycles. The van der Waals surface area contributed by atoms with E-state index in [4.69, 9.17) is 0 Å². The number of imidazole rings is 1. The first kappa shape index (κ1) is 10.5. The second-order valence-electron chi connectivity index (χ2n) is 4.91. The van der Waals surface area contributed by atoms with Crippen molar-refractivity contribution in [3.05, 3.63) is 12.4 Å². The van der Waals surface area contributed by atoms with Crippen LogP contribution >= 0.6 is 0 Å². The Morgan fingerprint density at radius 2 is 2.00 bits per heavy atom. The van der Waals surface area contributed by atoms with Crippen LogP contribution in [0.4, 0.5) is 5.95 Å². The summed E-state index contributed by atoms with van der Waals surface area (Å²) in [5, 5.41) is 0. The van der Waals surface area contributed by atoms with Crippen molar-refractivity contribution in [2.75, 3.05) is 18.0 Å². The molecule has 0 atom stereocenters. The molecule has 0 spiro atoms. The summed E-state index contributed by atoms with van der Waals surface area (Å²) in [4.78, 5) is 6.80. The van der Waals surface area contributed by atoms with Crippen LogP contribution in [0.25, 0.3) is 0 Å². The van der Waals surface area contributed by atoms with Crippen molar-refractivity contribution in [1.29, 1.82) is 0 Å². The van der Waals surface area contributed by atoms with Gasteiger partial charge in [-0.15, -0.1) is 0 Å². The number of rotatable bonds is 2. The van der Waals surface area contributed by atoms with Crippen molar-refractivity contribution in [2.45, 2.75) is 26.7 Å². The van der Waals surface area contributed by atoms with E-state index in [2.05, 4.69) is 35.3 Å². The SMILES string of the molecule is CC(C)C1CCN(c2nccn2C)CC1. The van der Waals surface area contributed by atoms with E-state index < -0.39 is 0 Å². The third-order valence-electron chi connectivity index (χ3n) is 3.56. The van der Waals surface area contributed by atoms with Gasteiger partial charge in [-0.3, -0.25) is 0 Å². The van der Waals surface area contributed by atoms with Crippen LogP contribution < -0.4 is 4.90 Å². The van der Waals surface area contributed by atoms with Crippen molar-refractivity contribution in [3.63, 3.8) is 0 Å². The van der Waals surface area contributed by atoms with Crippen LogP contribution in [0.1, 0.15) is 26.7 Å². The van der Waals surface area contributed by atoms with Gasteiger partial charge in [-0.05, 0) is 24.7 Å². The maximum Gasteiger partial charge on any atom is 0.205 e. The van der Waals surface area contributed by atoms with Crippen molar-refractivity contribution >= 4 is 5.95 Å². The van der Waals surface area contributed by atoms with E-state index in [0.717, 1.165) is 30.9 Å². The van der Waals surface area contributed by atoms with Gasteiger partial charge in [0.2, 0.25) is 5.95 Å². The normalized spacial score (nSPS) is 18.8. The monoisotopic (exact) mass is 207 g/mol. The lowest BCUT2D eigenvalue weighted by molar-refractivity contribution is 0.309. The zero-order chi connectivity index (χ0) is 10.8. The summed E-state index contributed by atoms with van der Waals surface area (Å²) in [5.41, 5.74) is 0. The lowest BCUT2D eigenvalue weighted by Crippen LogP contribution is -2.36. The van der Waals surface area contributed by atoms with Gasteiger partial charge < -0.3 is 9.47 Å². The largest absolute Gasteiger partial charge is 0.342 e. The van der Waals surface area contributed by atoms with Gasteiger partial charge in [0.05, 0.1) is 0 Å². The molecule has 2 heterocycles. The fourth-order valence-corrected chi connectivity index (χ4v) is 2.43. The molecule has 1 aromatic rings. The number of aryl methyl sites for hydroxylation is 1. The molecular weight excluding hydrogens is 186 g/mol. The van der Waals surface area contributed by atoms with Crippen LogP contribution in [0.15, 0.2) is 12.4 Å². The quantitative estimate of drug-likeness (QED) is 0.742. The van der Waals surface area contributed by atoms with Crippen LogP contribution in [0.3, 0.4) is 0 Å². The summed E-state index contributed by atoms with van der Waals surface area (Å²) >= 11 is 0. The summed E-state index contributed by atoms with van der Waals surface area (Å²) in [7, 11) is 2.07. The van der Waals surface area contributed by atoms with Crippen LogP contribution in [-0.2, 0) is 7.05 Å². The van der Waals surface area contributed by atoms with Crippen LogP contribution in [0.2, 0.25) is 0 Å². The van der Waals surface area contributed by atoms with E-state index in [0.29, 0.717) is 0 Å². The maximum absolute atomic E-state index is 4.40. The first-order valence-electron chi connectivity index (χ1n) is 5.90. The van der Waals surface area contributed by atoms with Gasteiger partial charge in [0.25, 0.3) is 0 Å². The minimum atomic E-state index is 0.827. The lowest BCUT2D eigenvalue weighted by atomic mass is 9.87. The van der Waals surface area contributed by atoms with E-state index in [1.165, 1.54) is 12.8 Å². The molecule has 1 fully saturated rings. The second-order valence-corrected chi connectivity index (χ2v) is 4.91. The Morgan fingerprint density at radius 1 is 1.33 bits per heavy atom. The highest BCUT2D eigenvalue weighted by atomic mass is 15.3. The smallest absolute Gasteiger partial charge is 0.205 e. The Balaban J connectivity index is 1.97. The highest BCUT2D eigenvalue weighted by Crippen LogP contribution is 2.26. The minimum absolute atomic E-state index is 0.827. The number of aromatic nitrogens is 2. The van der Waals surface area contributed by atoms with Gasteiger partial charge in [-0.2, -0.15) is 0 Å². The summed E-state index contributed by atoms with van der Waals surface area (Å²) in [5.74, 6) is 2.85. The van der Waals surface area contributed by atoms with Gasteiger partial charge in [0.15, 0.2) is 0 Å². The molecule has 0 saturated carbocycles. The Morgan fingerprint density at radius 3 is 2.47 bits per heavy atom. The van der Waals surface area contributed by atoms with Crippen molar-refractivity contribution in [1.82, 2.24) is 9.55 Å². The van der Waals surface area contributed by atoms with Crippen LogP contribution in [0.5, 0.6) is 0 Å². The van der Waals surface area contributed by atoms with Gasteiger partial charge in [-0.1, -0.05) is 13.8 Å². The number of hydrogen-bond donors (Lipinski definition) is 0. The zero-order valence-corrected chi connectivity index (χ0v) is 9.98. The molecule has 1 saturated heterocycles. The fourth-order valence-electron chi connectivity index (χ4n) is 2.43. The predicted molar refractivity (Wildman–Crippen MR) is 63.0 cm³/mol. The molecule has 3 nitrogen and oxygen atoms in total. The molecule has 0 aliphatic carbocycles. The summed E-state index contributed by atoms with van der Waals surface area (Å²) in [6.07, 6.45) is 6.52. The van der Waals surface area contributed by atoms with E-state index >= 15 is 0 Å². The highest BCUT2D eigenvalue weighted by Gasteiger charge is 2.23. The predicted octanol–water partition coefficient (Wildman–Crippen LogP) is 2.29. The third kappa shape index (κ3) is 2.16. The molecule has 0 aromatic carbocycles. The highest BCUT2D eigenvalue weighted by molar-refractivity contribution is 5.31. The molecular formula is C12H21N3. The molecule has 1 aliphatic rings. The Kier molecular flexibility index (Phi) is 2.98.